The second-order valence-corrected chi connectivity index (χ2v) is 13.9. The van der Waals surface area contributed by atoms with Crippen LogP contribution in [0.3, 0.4) is 0 Å². The molecule has 0 unspecified atom stereocenters. The average Bonchev–Trinajstić information content (AvgIpc) is 3.02. The Bertz CT molecular complexity index is 1710. The van der Waals surface area contributed by atoms with E-state index in [4.69, 9.17) is 16.3 Å². The lowest BCUT2D eigenvalue weighted by atomic mass is 10.0. The number of ether oxygens (including phenoxy) is 1. The van der Waals surface area contributed by atoms with Gasteiger partial charge in [-0.2, -0.15) is 0 Å². The lowest BCUT2D eigenvalue weighted by Crippen LogP contribution is -2.56. The first-order valence-electron chi connectivity index (χ1n) is 14.5. The number of rotatable bonds is 12. The van der Waals surface area contributed by atoms with Crippen LogP contribution in [-0.2, 0) is 32.6 Å². The molecular formula is C35H38ClN3O5S. The van der Waals surface area contributed by atoms with Crippen molar-refractivity contribution in [3.05, 3.63) is 125 Å². The fourth-order valence-electron chi connectivity index (χ4n) is 4.86. The maximum absolute atomic E-state index is 14.5. The minimum absolute atomic E-state index is 0.00313. The highest BCUT2D eigenvalue weighted by Crippen LogP contribution is 2.31. The van der Waals surface area contributed by atoms with Gasteiger partial charge < -0.3 is 15.0 Å². The van der Waals surface area contributed by atoms with Crippen molar-refractivity contribution in [3.8, 4) is 5.75 Å². The van der Waals surface area contributed by atoms with Crippen molar-refractivity contribution in [2.24, 2.45) is 0 Å². The first-order valence-corrected chi connectivity index (χ1v) is 16.3. The highest BCUT2D eigenvalue weighted by Gasteiger charge is 2.36. The number of methoxy groups -OCH3 is 1. The topological polar surface area (TPSA) is 96.0 Å². The van der Waals surface area contributed by atoms with E-state index in [1.54, 1.807) is 67.8 Å². The number of nitrogens with zero attached hydrogens (tertiary/aromatic N) is 2. The van der Waals surface area contributed by atoms with Gasteiger partial charge in [0.1, 0.15) is 18.3 Å². The molecule has 0 saturated heterocycles. The molecule has 10 heteroatoms. The van der Waals surface area contributed by atoms with Crippen molar-refractivity contribution in [1.29, 1.82) is 0 Å². The van der Waals surface area contributed by atoms with Crippen LogP contribution in [0.4, 0.5) is 5.69 Å². The molecule has 0 spiro atoms. The van der Waals surface area contributed by atoms with E-state index in [1.165, 1.54) is 17.0 Å². The summed E-state index contributed by atoms with van der Waals surface area (Å²) in [7, 11) is -2.69. The zero-order chi connectivity index (χ0) is 32.6. The van der Waals surface area contributed by atoms with Crippen LogP contribution < -0.4 is 14.4 Å². The third-order valence-corrected chi connectivity index (χ3v) is 9.08. The van der Waals surface area contributed by atoms with Gasteiger partial charge in [-0.3, -0.25) is 13.9 Å². The highest BCUT2D eigenvalue weighted by molar-refractivity contribution is 7.92. The predicted molar refractivity (Wildman–Crippen MR) is 178 cm³/mol. The van der Waals surface area contributed by atoms with Gasteiger partial charge in [0.2, 0.25) is 11.8 Å². The van der Waals surface area contributed by atoms with Gasteiger partial charge in [-0.15, -0.1) is 0 Å². The van der Waals surface area contributed by atoms with Crippen molar-refractivity contribution < 1.29 is 22.7 Å². The SMILES string of the molecule is COc1cccc(CN(C(=O)CN(c2ccccc2Cl)S(=O)(=O)c2ccccc2)[C@H](Cc2ccccc2)C(=O)NC(C)(C)C)c1. The van der Waals surface area contributed by atoms with Crippen LogP contribution in [-0.4, -0.2) is 50.4 Å². The largest absolute Gasteiger partial charge is 0.497 e. The van der Waals surface area contributed by atoms with E-state index in [9.17, 15) is 18.0 Å². The van der Waals surface area contributed by atoms with E-state index in [0.717, 1.165) is 9.87 Å². The van der Waals surface area contributed by atoms with Crippen LogP contribution in [0, 0.1) is 0 Å². The molecule has 0 aliphatic heterocycles. The summed E-state index contributed by atoms with van der Waals surface area (Å²) in [5.41, 5.74) is 1.11. The van der Waals surface area contributed by atoms with Gasteiger partial charge in [0, 0.05) is 18.5 Å². The van der Waals surface area contributed by atoms with E-state index in [1.807, 2.05) is 57.2 Å². The molecule has 236 valence electrons. The molecule has 45 heavy (non-hydrogen) atoms. The van der Waals surface area contributed by atoms with E-state index >= 15 is 0 Å². The second kappa shape index (κ2) is 14.6. The number of hydrogen-bond donors (Lipinski definition) is 1. The smallest absolute Gasteiger partial charge is 0.264 e. The van der Waals surface area contributed by atoms with Gasteiger partial charge in [0.05, 0.1) is 22.7 Å². The second-order valence-electron chi connectivity index (χ2n) is 11.6. The first-order chi connectivity index (χ1) is 21.4. The quantitative estimate of drug-likeness (QED) is 0.201. The van der Waals surface area contributed by atoms with Gasteiger partial charge in [-0.05, 0) is 68.3 Å². The van der Waals surface area contributed by atoms with Gasteiger partial charge in [0.25, 0.3) is 10.0 Å². The fourth-order valence-corrected chi connectivity index (χ4v) is 6.60. The Labute approximate surface area is 270 Å². The van der Waals surface area contributed by atoms with E-state index in [0.29, 0.717) is 11.3 Å². The summed E-state index contributed by atoms with van der Waals surface area (Å²) in [4.78, 5) is 30.0. The molecule has 4 aromatic carbocycles. The highest BCUT2D eigenvalue weighted by atomic mass is 35.5. The molecule has 1 N–H and O–H groups in total. The molecule has 0 radical (unpaired) electrons. The van der Waals surface area contributed by atoms with Crippen molar-refractivity contribution in [2.75, 3.05) is 18.0 Å². The summed E-state index contributed by atoms with van der Waals surface area (Å²) >= 11 is 6.52. The number of nitrogens with one attached hydrogen (secondary N) is 1. The van der Waals surface area contributed by atoms with Gasteiger partial charge in [-0.25, -0.2) is 8.42 Å². The van der Waals surface area contributed by atoms with E-state index < -0.39 is 34.1 Å². The van der Waals surface area contributed by atoms with Crippen LogP contribution in [0.2, 0.25) is 5.02 Å². The van der Waals surface area contributed by atoms with Crippen LogP contribution in [0.15, 0.2) is 114 Å². The van der Waals surface area contributed by atoms with Crippen molar-refractivity contribution in [1.82, 2.24) is 10.2 Å². The van der Waals surface area contributed by atoms with Crippen LogP contribution >= 0.6 is 11.6 Å². The molecular weight excluding hydrogens is 610 g/mol. The summed E-state index contributed by atoms with van der Waals surface area (Å²) in [5.74, 6) is -0.358. The number of hydrogen-bond acceptors (Lipinski definition) is 5. The molecule has 0 bridgehead atoms. The molecule has 8 nitrogen and oxygen atoms in total. The molecule has 1 atom stereocenters. The average molecular weight is 648 g/mol. The Hall–Kier alpha value is -4.34. The predicted octanol–water partition coefficient (Wildman–Crippen LogP) is 6.10. The van der Waals surface area contributed by atoms with Crippen LogP contribution in [0.25, 0.3) is 0 Å². The molecule has 0 aromatic heterocycles. The Kier molecular flexibility index (Phi) is 10.9. The number of sulfonamides is 1. The lowest BCUT2D eigenvalue weighted by molar-refractivity contribution is -0.140. The van der Waals surface area contributed by atoms with Crippen molar-refractivity contribution >= 4 is 39.1 Å². The van der Waals surface area contributed by atoms with Crippen molar-refractivity contribution in [3.63, 3.8) is 0 Å². The first kappa shape index (κ1) is 33.6. The summed E-state index contributed by atoms with van der Waals surface area (Å²) in [6.45, 7) is 5.02. The van der Waals surface area contributed by atoms with Gasteiger partial charge in [-0.1, -0.05) is 84.4 Å². The maximum atomic E-state index is 14.5. The van der Waals surface area contributed by atoms with Crippen LogP contribution in [0.5, 0.6) is 5.75 Å². The molecule has 4 aromatic rings. The fraction of sp³-hybridized carbons (Fsp3) is 0.257. The van der Waals surface area contributed by atoms with Gasteiger partial charge >= 0.3 is 0 Å². The number of carbonyl (C=O) groups excluding carboxylic acids is 2. The molecule has 2 amide bonds. The molecule has 0 heterocycles. The third-order valence-electron chi connectivity index (χ3n) is 6.99. The van der Waals surface area contributed by atoms with Gasteiger partial charge in [0.15, 0.2) is 0 Å². The molecule has 4 rings (SSSR count). The number of anilines is 1. The summed E-state index contributed by atoms with van der Waals surface area (Å²) in [5, 5.41) is 3.19. The van der Waals surface area contributed by atoms with E-state index in [2.05, 4.69) is 5.32 Å². The third kappa shape index (κ3) is 8.86. The standard InChI is InChI=1S/C35H38ClN3O5S/c1-35(2,3)37-34(41)32(23-26-14-7-5-8-15-26)38(24-27-16-13-17-28(22-27)44-4)33(40)25-39(31-21-12-11-20-30(31)36)45(42,43)29-18-9-6-10-19-29/h5-22,32H,23-25H2,1-4H3,(H,37,41)/t32-/m1/s1. The molecule has 0 saturated carbocycles. The number of amides is 2. The Morgan fingerprint density at radius 1 is 0.844 bits per heavy atom. The Morgan fingerprint density at radius 2 is 1.44 bits per heavy atom. The lowest BCUT2D eigenvalue weighted by Gasteiger charge is -2.35. The zero-order valence-corrected chi connectivity index (χ0v) is 27.4. The summed E-state index contributed by atoms with van der Waals surface area (Å²) in [6, 6.07) is 29.9. The summed E-state index contributed by atoms with van der Waals surface area (Å²) in [6.07, 6.45) is 0.204. The minimum Gasteiger partial charge on any atom is -0.497 e. The molecule has 0 aliphatic rings. The van der Waals surface area contributed by atoms with Crippen molar-refractivity contribution in [2.45, 2.75) is 50.2 Å². The number of halogens is 1. The minimum atomic E-state index is -4.24. The molecule has 0 fully saturated rings. The zero-order valence-electron chi connectivity index (χ0n) is 25.8. The maximum Gasteiger partial charge on any atom is 0.264 e. The summed E-state index contributed by atoms with van der Waals surface area (Å²) < 4.78 is 34.6. The van der Waals surface area contributed by atoms with E-state index in [-0.39, 0.29) is 34.5 Å². The number of carbonyl (C=O) groups is 2. The number of benzene rings is 4. The van der Waals surface area contributed by atoms with Crippen LogP contribution in [0.1, 0.15) is 31.9 Å². The Balaban J connectivity index is 1.83. The number of para-hydroxylation sites is 1. The Morgan fingerprint density at radius 3 is 2.07 bits per heavy atom. The molecule has 0 aliphatic carbocycles. The normalized spacial score (nSPS) is 12.2. The monoisotopic (exact) mass is 647 g/mol.